The molecule has 0 aliphatic carbocycles. The summed E-state index contributed by atoms with van der Waals surface area (Å²) in [5.41, 5.74) is 4.97. The van der Waals surface area contributed by atoms with E-state index in [0.29, 0.717) is 0 Å². The average molecular weight is 174 g/mol. The molecule has 0 unspecified atom stereocenters. The van der Waals surface area contributed by atoms with Crippen molar-refractivity contribution in [3.63, 3.8) is 0 Å². The second-order valence-corrected chi connectivity index (χ2v) is 3.39. The molecule has 2 aromatic rings. The van der Waals surface area contributed by atoms with Gasteiger partial charge in [-0.05, 0) is 37.6 Å². The molecule has 2 nitrogen and oxygen atoms in total. The normalized spacial score (nSPS) is 10.7. The van der Waals surface area contributed by atoms with Crippen LogP contribution in [-0.2, 0) is 0 Å². The first-order valence-electron chi connectivity index (χ1n) is 4.49. The molecule has 0 aliphatic heterocycles. The Hall–Kier alpha value is -1.44. The molecule has 0 bridgehead atoms. The molecule has 0 spiro atoms. The first-order valence-corrected chi connectivity index (χ1v) is 4.49. The summed E-state index contributed by atoms with van der Waals surface area (Å²) in [4.78, 5) is 3.35. The maximum absolute atomic E-state index is 3.35. The van der Waals surface area contributed by atoms with Gasteiger partial charge >= 0.3 is 0 Å². The summed E-state index contributed by atoms with van der Waals surface area (Å²) in [6, 6.07) is 6.37. The first-order chi connectivity index (χ1) is 6.22. The van der Waals surface area contributed by atoms with Crippen molar-refractivity contribution < 1.29 is 0 Å². The van der Waals surface area contributed by atoms with E-state index in [1.807, 2.05) is 7.05 Å². The van der Waals surface area contributed by atoms with Crippen molar-refractivity contribution in [2.24, 2.45) is 0 Å². The zero-order valence-electron chi connectivity index (χ0n) is 8.23. The third-order valence-electron chi connectivity index (χ3n) is 2.60. The Labute approximate surface area is 78.0 Å². The van der Waals surface area contributed by atoms with Gasteiger partial charge in [-0.2, -0.15) is 0 Å². The lowest BCUT2D eigenvalue weighted by molar-refractivity contribution is 1.25. The fraction of sp³-hybridized carbons (Fsp3) is 0.273. The zero-order valence-corrected chi connectivity index (χ0v) is 8.23. The number of aryl methyl sites for hydroxylation is 2. The van der Waals surface area contributed by atoms with Gasteiger partial charge < -0.3 is 10.3 Å². The largest absolute Gasteiger partial charge is 0.388 e. The molecule has 0 saturated heterocycles. The van der Waals surface area contributed by atoms with Crippen molar-refractivity contribution in [3.8, 4) is 0 Å². The van der Waals surface area contributed by atoms with Gasteiger partial charge in [0.2, 0.25) is 0 Å². The smallest absolute Gasteiger partial charge is 0.0460 e. The van der Waals surface area contributed by atoms with Crippen molar-refractivity contribution in [1.29, 1.82) is 0 Å². The van der Waals surface area contributed by atoms with Gasteiger partial charge in [-0.3, -0.25) is 0 Å². The molecule has 1 aromatic carbocycles. The van der Waals surface area contributed by atoms with Gasteiger partial charge in [-0.15, -0.1) is 0 Å². The van der Waals surface area contributed by atoms with E-state index >= 15 is 0 Å². The molecular formula is C11H14N2. The summed E-state index contributed by atoms with van der Waals surface area (Å²) in [5.74, 6) is 0. The van der Waals surface area contributed by atoms with Gasteiger partial charge in [0.05, 0.1) is 0 Å². The highest BCUT2D eigenvalue weighted by molar-refractivity contribution is 5.87. The van der Waals surface area contributed by atoms with Crippen LogP contribution in [-0.4, -0.2) is 12.0 Å². The number of H-pyrrole nitrogens is 1. The van der Waals surface area contributed by atoms with Gasteiger partial charge in [0, 0.05) is 29.3 Å². The second-order valence-electron chi connectivity index (χ2n) is 3.39. The summed E-state index contributed by atoms with van der Waals surface area (Å²) >= 11 is 0. The van der Waals surface area contributed by atoms with E-state index in [9.17, 15) is 0 Å². The quantitative estimate of drug-likeness (QED) is 0.683. The molecule has 0 atom stereocenters. The number of nitrogens with one attached hydrogen (secondary N) is 2. The van der Waals surface area contributed by atoms with E-state index in [2.05, 4.69) is 42.3 Å². The fourth-order valence-electron chi connectivity index (χ4n) is 1.62. The molecule has 1 aromatic heterocycles. The van der Waals surface area contributed by atoms with E-state index in [-0.39, 0.29) is 0 Å². The molecule has 0 amide bonds. The van der Waals surface area contributed by atoms with E-state index in [0.717, 1.165) is 5.69 Å². The number of rotatable bonds is 1. The maximum Gasteiger partial charge on any atom is 0.0460 e. The third-order valence-corrected chi connectivity index (χ3v) is 2.60. The van der Waals surface area contributed by atoms with Crippen molar-refractivity contribution in [2.45, 2.75) is 13.8 Å². The third kappa shape index (κ3) is 1.18. The standard InChI is InChI=1S/C11H14N2/c1-7-8(2)13-11-5-4-9(12-3)6-10(7)11/h4-6,12-13H,1-3H3. The molecule has 0 aliphatic rings. The van der Waals surface area contributed by atoms with Crippen LogP contribution in [0.2, 0.25) is 0 Å². The van der Waals surface area contributed by atoms with Crippen LogP contribution in [0.25, 0.3) is 10.9 Å². The lowest BCUT2D eigenvalue weighted by Crippen LogP contribution is -1.86. The fourth-order valence-corrected chi connectivity index (χ4v) is 1.62. The maximum atomic E-state index is 3.35. The lowest BCUT2D eigenvalue weighted by Gasteiger charge is -1.99. The number of hydrogen-bond donors (Lipinski definition) is 2. The zero-order chi connectivity index (χ0) is 9.42. The van der Waals surface area contributed by atoms with Crippen LogP contribution in [0.15, 0.2) is 18.2 Å². The van der Waals surface area contributed by atoms with Gasteiger partial charge in [0.15, 0.2) is 0 Å². The summed E-state index contributed by atoms with van der Waals surface area (Å²) in [6.45, 7) is 4.25. The van der Waals surface area contributed by atoms with E-state index in [1.165, 1.54) is 22.2 Å². The Morgan fingerprint density at radius 1 is 1.23 bits per heavy atom. The predicted molar refractivity (Wildman–Crippen MR) is 57.3 cm³/mol. The van der Waals surface area contributed by atoms with Crippen LogP contribution in [0.1, 0.15) is 11.3 Å². The number of benzene rings is 1. The van der Waals surface area contributed by atoms with Gasteiger partial charge in [0.1, 0.15) is 0 Å². The predicted octanol–water partition coefficient (Wildman–Crippen LogP) is 2.83. The topological polar surface area (TPSA) is 27.8 Å². The van der Waals surface area contributed by atoms with Gasteiger partial charge in [-0.1, -0.05) is 0 Å². The Kier molecular flexibility index (Phi) is 1.76. The highest BCUT2D eigenvalue weighted by Crippen LogP contribution is 2.23. The van der Waals surface area contributed by atoms with E-state index in [4.69, 9.17) is 0 Å². The number of fused-ring (bicyclic) bond motifs is 1. The molecule has 0 fully saturated rings. The summed E-state index contributed by atoms with van der Waals surface area (Å²) in [7, 11) is 1.94. The van der Waals surface area contributed by atoms with Crippen molar-refractivity contribution in [2.75, 3.05) is 12.4 Å². The van der Waals surface area contributed by atoms with Crippen LogP contribution in [0.3, 0.4) is 0 Å². The monoisotopic (exact) mass is 174 g/mol. The van der Waals surface area contributed by atoms with Crippen LogP contribution < -0.4 is 5.32 Å². The number of hydrogen-bond acceptors (Lipinski definition) is 1. The highest BCUT2D eigenvalue weighted by atomic mass is 14.8. The van der Waals surface area contributed by atoms with Crippen molar-refractivity contribution in [1.82, 2.24) is 4.98 Å². The molecular weight excluding hydrogens is 160 g/mol. The van der Waals surface area contributed by atoms with Crippen molar-refractivity contribution >= 4 is 16.6 Å². The molecule has 2 N–H and O–H groups in total. The minimum atomic E-state index is 1.16. The number of aromatic nitrogens is 1. The molecule has 1 heterocycles. The summed E-state index contributed by atoms with van der Waals surface area (Å²) < 4.78 is 0. The Bertz CT molecular complexity index is 441. The SMILES string of the molecule is CNc1ccc2[nH]c(C)c(C)c2c1. The Morgan fingerprint density at radius 2 is 2.00 bits per heavy atom. The Balaban J connectivity index is 2.75. The van der Waals surface area contributed by atoms with Crippen LogP contribution in [0.4, 0.5) is 5.69 Å². The molecule has 0 saturated carbocycles. The number of anilines is 1. The minimum absolute atomic E-state index is 1.16. The minimum Gasteiger partial charge on any atom is -0.388 e. The van der Waals surface area contributed by atoms with E-state index < -0.39 is 0 Å². The van der Waals surface area contributed by atoms with Crippen LogP contribution in [0, 0.1) is 13.8 Å². The van der Waals surface area contributed by atoms with Gasteiger partial charge in [0.25, 0.3) is 0 Å². The summed E-state index contributed by atoms with van der Waals surface area (Å²) in [5, 5.41) is 4.45. The average Bonchev–Trinajstić information content (AvgIpc) is 2.43. The van der Waals surface area contributed by atoms with Crippen molar-refractivity contribution in [3.05, 3.63) is 29.5 Å². The first kappa shape index (κ1) is 8.17. The molecule has 0 radical (unpaired) electrons. The van der Waals surface area contributed by atoms with Crippen LogP contribution in [0.5, 0.6) is 0 Å². The molecule has 13 heavy (non-hydrogen) atoms. The molecule has 2 rings (SSSR count). The van der Waals surface area contributed by atoms with Crippen LogP contribution >= 0.6 is 0 Å². The summed E-state index contributed by atoms with van der Waals surface area (Å²) in [6.07, 6.45) is 0. The highest BCUT2D eigenvalue weighted by Gasteiger charge is 2.03. The molecule has 68 valence electrons. The van der Waals surface area contributed by atoms with E-state index in [1.54, 1.807) is 0 Å². The Morgan fingerprint density at radius 3 is 2.69 bits per heavy atom. The second kappa shape index (κ2) is 2.80. The molecule has 2 heteroatoms. The number of aromatic amines is 1. The lowest BCUT2D eigenvalue weighted by atomic mass is 10.1. The van der Waals surface area contributed by atoms with Gasteiger partial charge in [-0.25, -0.2) is 0 Å².